The lowest BCUT2D eigenvalue weighted by Crippen LogP contribution is -2.22. The molecule has 0 bridgehead atoms. The molecule has 0 saturated carbocycles. The summed E-state index contributed by atoms with van der Waals surface area (Å²) >= 11 is 0. The Morgan fingerprint density at radius 1 is 1.59 bits per heavy atom. The number of carboxylic acids is 1. The highest BCUT2D eigenvalue weighted by atomic mass is 16.4. The van der Waals surface area contributed by atoms with Crippen LogP contribution in [0.15, 0.2) is 6.07 Å². The van der Waals surface area contributed by atoms with E-state index in [1.807, 2.05) is 6.07 Å². The molecule has 0 amide bonds. The molecule has 0 atom stereocenters. The van der Waals surface area contributed by atoms with Gasteiger partial charge in [-0.05, 0) is 19.4 Å². The third-order valence-corrected chi connectivity index (χ3v) is 2.18. The second-order valence-electron chi connectivity index (χ2n) is 3.73. The van der Waals surface area contributed by atoms with Gasteiger partial charge in [0.05, 0.1) is 0 Å². The summed E-state index contributed by atoms with van der Waals surface area (Å²) in [4.78, 5) is 20.4. The Kier molecular flexibility index (Phi) is 4.40. The second-order valence-corrected chi connectivity index (χ2v) is 3.73. The van der Waals surface area contributed by atoms with E-state index >= 15 is 0 Å². The lowest BCUT2D eigenvalue weighted by Gasteiger charge is -2.16. The van der Waals surface area contributed by atoms with Crippen molar-refractivity contribution in [1.82, 2.24) is 9.97 Å². The van der Waals surface area contributed by atoms with Gasteiger partial charge in [-0.15, -0.1) is 0 Å². The maximum absolute atomic E-state index is 10.4. The third kappa shape index (κ3) is 4.07. The molecule has 0 aromatic carbocycles. The summed E-state index contributed by atoms with van der Waals surface area (Å²) < 4.78 is 0. The summed E-state index contributed by atoms with van der Waals surface area (Å²) in [6, 6.07) is 3.57. The molecule has 17 heavy (non-hydrogen) atoms. The zero-order chi connectivity index (χ0) is 12.8. The molecule has 0 aliphatic heterocycles. The number of carbonyl (C=O) groups is 1. The van der Waals surface area contributed by atoms with Gasteiger partial charge in [-0.2, -0.15) is 5.26 Å². The van der Waals surface area contributed by atoms with Crippen LogP contribution in [0.1, 0.15) is 24.2 Å². The molecular formula is C11H14N4O2. The van der Waals surface area contributed by atoms with Gasteiger partial charge in [-0.1, -0.05) is 0 Å². The van der Waals surface area contributed by atoms with Crippen LogP contribution in [0.4, 0.5) is 5.95 Å². The molecule has 6 nitrogen and oxygen atoms in total. The van der Waals surface area contributed by atoms with Crippen molar-refractivity contribution in [2.75, 3.05) is 18.5 Å². The lowest BCUT2D eigenvalue weighted by molar-refractivity contribution is -0.137. The first-order valence-electron chi connectivity index (χ1n) is 5.21. The van der Waals surface area contributed by atoms with E-state index in [2.05, 4.69) is 9.97 Å². The average Bonchev–Trinajstić information content (AvgIpc) is 2.27. The molecule has 0 unspecified atom stereocenters. The fraction of sp³-hybridized carbons (Fsp3) is 0.455. The molecule has 0 spiro atoms. The Bertz CT molecular complexity index is 453. The summed E-state index contributed by atoms with van der Waals surface area (Å²) in [5, 5.41) is 17.3. The number of hydrogen-bond acceptors (Lipinski definition) is 5. The van der Waals surface area contributed by atoms with Crippen molar-refractivity contribution in [2.45, 2.75) is 19.8 Å². The first-order chi connectivity index (χ1) is 8.02. The average molecular weight is 234 g/mol. The van der Waals surface area contributed by atoms with Gasteiger partial charge < -0.3 is 10.0 Å². The van der Waals surface area contributed by atoms with Crippen LogP contribution in [0.25, 0.3) is 0 Å². The van der Waals surface area contributed by atoms with E-state index in [9.17, 15) is 4.79 Å². The Morgan fingerprint density at radius 3 is 2.88 bits per heavy atom. The topological polar surface area (TPSA) is 90.1 Å². The first-order valence-corrected chi connectivity index (χ1v) is 5.21. The lowest BCUT2D eigenvalue weighted by atomic mass is 10.3. The zero-order valence-corrected chi connectivity index (χ0v) is 9.84. The van der Waals surface area contributed by atoms with E-state index in [1.54, 1.807) is 24.9 Å². The minimum Gasteiger partial charge on any atom is -0.481 e. The minimum atomic E-state index is -0.818. The van der Waals surface area contributed by atoms with Crippen LogP contribution in [0.5, 0.6) is 0 Å². The van der Waals surface area contributed by atoms with Crippen molar-refractivity contribution in [3.8, 4) is 6.07 Å². The highest BCUT2D eigenvalue weighted by Gasteiger charge is 2.07. The molecule has 0 aliphatic rings. The van der Waals surface area contributed by atoms with Gasteiger partial charge >= 0.3 is 5.97 Å². The Morgan fingerprint density at radius 2 is 2.29 bits per heavy atom. The molecule has 1 aromatic heterocycles. The van der Waals surface area contributed by atoms with Crippen LogP contribution in [0.2, 0.25) is 0 Å². The molecule has 6 heteroatoms. The Balaban J connectivity index is 2.68. The summed E-state index contributed by atoms with van der Waals surface area (Å²) in [5.41, 5.74) is 1.04. The SMILES string of the molecule is Cc1cc(C#N)nc(N(C)CCCC(=O)O)n1. The largest absolute Gasteiger partial charge is 0.481 e. The molecule has 1 heterocycles. The van der Waals surface area contributed by atoms with Crippen molar-refractivity contribution in [3.63, 3.8) is 0 Å². The molecule has 0 fully saturated rings. The monoisotopic (exact) mass is 234 g/mol. The van der Waals surface area contributed by atoms with Gasteiger partial charge in [0, 0.05) is 25.7 Å². The van der Waals surface area contributed by atoms with E-state index in [0.29, 0.717) is 24.6 Å². The van der Waals surface area contributed by atoms with Crippen LogP contribution in [-0.2, 0) is 4.79 Å². The number of carboxylic acid groups (broad SMARTS) is 1. The van der Waals surface area contributed by atoms with Crippen LogP contribution in [0, 0.1) is 18.3 Å². The predicted molar refractivity (Wildman–Crippen MR) is 61.6 cm³/mol. The predicted octanol–water partition coefficient (Wildman–Crippen LogP) is 0.958. The zero-order valence-electron chi connectivity index (χ0n) is 9.84. The van der Waals surface area contributed by atoms with E-state index in [1.165, 1.54) is 0 Å². The number of aryl methyl sites for hydroxylation is 1. The van der Waals surface area contributed by atoms with Gasteiger partial charge in [0.1, 0.15) is 11.8 Å². The van der Waals surface area contributed by atoms with Crippen LogP contribution < -0.4 is 4.90 Å². The number of anilines is 1. The van der Waals surface area contributed by atoms with E-state index < -0.39 is 5.97 Å². The molecule has 90 valence electrons. The van der Waals surface area contributed by atoms with Crippen molar-refractivity contribution >= 4 is 11.9 Å². The number of nitrogens with zero attached hydrogens (tertiary/aromatic N) is 4. The highest BCUT2D eigenvalue weighted by Crippen LogP contribution is 2.09. The van der Waals surface area contributed by atoms with Crippen molar-refractivity contribution < 1.29 is 9.90 Å². The van der Waals surface area contributed by atoms with E-state index in [4.69, 9.17) is 10.4 Å². The number of aliphatic carboxylic acids is 1. The standard InChI is InChI=1S/C11H14N4O2/c1-8-6-9(7-12)14-11(13-8)15(2)5-3-4-10(16)17/h6H,3-5H2,1-2H3,(H,16,17). The van der Waals surface area contributed by atoms with Gasteiger partial charge in [0.15, 0.2) is 0 Å². The number of aromatic nitrogens is 2. The molecule has 1 rings (SSSR count). The second kappa shape index (κ2) is 5.80. The number of rotatable bonds is 5. The van der Waals surface area contributed by atoms with Crippen molar-refractivity contribution in [2.24, 2.45) is 0 Å². The van der Waals surface area contributed by atoms with Crippen LogP contribution in [-0.4, -0.2) is 34.6 Å². The summed E-state index contributed by atoms with van der Waals surface area (Å²) in [6.07, 6.45) is 0.631. The van der Waals surface area contributed by atoms with Gasteiger partial charge in [0.25, 0.3) is 0 Å². The molecule has 0 radical (unpaired) electrons. The Hall–Kier alpha value is -2.16. The van der Waals surface area contributed by atoms with Crippen LogP contribution in [0.3, 0.4) is 0 Å². The van der Waals surface area contributed by atoms with E-state index in [-0.39, 0.29) is 6.42 Å². The first kappa shape index (κ1) is 12.9. The minimum absolute atomic E-state index is 0.112. The maximum Gasteiger partial charge on any atom is 0.303 e. The summed E-state index contributed by atoms with van der Waals surface area (Å²) in [7, 11) is 1.78. The maximum atomic E-state index is 10.4. The fourth-order valence-electron chi connectivity index (χ4n) is 1.35. The highest BCUT2D eigenvalue weighted by molar-refractivity contribution is 5.66. The van der Waals surface area contributed by atoms with Crippen molar-refractivity contribution in [1.29, 1.82) is 5.26 Å². The van der Waals surface area contributed by atoms with Gasteiger partial charge in [0.2, 0.25) is 5.95 Å². The Labute approximate surface area is 99.5 Å². The summed E-state index contributed by atoms with van der Waals surface area (Å²) in [5.74, 6) is -0.367. The summed E-state index contributed by atoms with van der Waals surface area (Å²) in [6.45, 7) is 2.33. The van der Waals surface area contributed by atoms with E-state index in [0.717, 1.165) is 5.69 Å². The normalized spacial score (nSPS) is 9.71. The van der Waals surface area contributed by atoms with Crippen molar-refractivity contribution in [3.05, 3.63) is 17.5 Å². The molecule has 1 N–H and O–H groups in total. The fourth-order valence-corrected chi connectivity index (χ4v) is 1.35. The number of hydrogen-bond donors (Lipinski definition) is 1. The molecular weight excluding hydrogens is 220 g/mol. The molecule has 1 aromatic rings. The molecule has 0 saturated heterocycles. The quantitative estimate of drug-likeness (QED) is 0.816. The number of nitriles is 1. The van der Waals surface area contributed by atoms with Gasteiger partial charge in [-0.3, -0.25) is 4.79 Å². The smallest absolute Gasteiger partial charge is 0.303 e. The van der Waals surface area contributed by atoms with Crippen LogP contribution >= 0.6 is 0 Å². The molecule has 0 aliphatic carbocycles. The van der Waals surface area contributed by atoms with Gasteiger partial charge in [-0.25, -0.2) is 9.97 Å². The third-order valence-electron chi connectivity index (χ3n) is 2.18.